The van der Waals surface area contributed by atoms with Crippen LogP contribution in [0.5, 0.6) is 0 Å². The van der Waals surface area contributed by atoms with Crippen molar-refractivity contribution in [3.05, 3.63) is 59.9 Å². The van der Waals surface area contributed by atoms with E-state index in [1.165, 1.54) is 0 Å². The first-order chi connectivity index (χ1) is 17.5. The van der Waals surface area contributed by atoms with Gasteiger partial charge in [-0.2, -0.15) is 10.1 Å². The van der Waals surface area contributed by atoms with E-state index in [1.54, 1.807) is 15.8 Å². The van der Waals surface area contributed by atoms with Crippen LogP contribution in [0.15, 0.2) is 58.5 Å². The number of hydrogen-bond acceptors (Lipinski definition) is 9. The van der Waals surface area contributed by atoms with Gasteiger partial charge in [0, 0.05) is 36.5 Å². The molecule has 0 bridgehead atoms. The van der Waals surface area contributed by atoms with Gasteiger partial charge in [-0.3, -0.25) is 29.4 Å². The molecule has 1 fully saturated rings. The molecule has 3 aromatic rings. The van der Waals surface area contributed by atoms with E-state index in [0.717, 1.165) is 16.2 Å². The molecule has 4 amide bonds. The molecule has 2 aromatic heterocycles. The van der Waals surface area contributed by atoms with Crippen molar-refractivity contribution in [3.8, 4) is 17.1 Å². The van der Waals surface area contributed by atoms with Crippen molar-refractivity contribution in [2.24, 2.45) is 0 Å². The summed E-state index contributed by atoms with van der Waals surface area (Å²) in [5, 5.41) is 10.5. The van der Waals surface area contributed by atoms with Gasteiger partial charge < -0.3 is 9.42 Å². The second-order valence-corrected chi connectivity index (χ2v) is 8.81. The third kappa shape index (κ3) is 3.67. The van der Waals surface area contributed by atoms with Crippen LogP contribution < -0.4 is 5.32 Å². The van der Waals surface area contributed by atoms with Gasteiger partial charge in [0.1, 0.15) is 11.7 Å². The minimum Gasteiger partial charge on any atom is -0.357 e. The number of nitrogens with one attached hydrogen (secondary N) is 1. The van der Waals surface area contributed by atoms with Crippen LogP contribution in [0, 0.1) is 0 Å². The van der Waals surface area contributed by atoms with Crippen LogP contribution in [-0.2, 0) is 25.7 Å². The summed E-state index contributed by atoms with van der Waals surface area (Å²) in [6, 6.07) is 8.37. The summed E-state index contributed by atoms with van der Waals surface area (Å²) in [5.41, 5.74) is 2.23. The molecule has 1 atom stereocenters. The average molecular weight is 487 g/mol. The molecule has 3 aliphatic rings. The summed E-state index contributed by atoms with van der Waals surface area (Å²) in [7, 11) is 0. The second kappa shape index (κ2) is 8.56. The lowest BCUT2D eigenvalue weighted by Crippen LogP contribution is -2.55. The molecule has 0 aliphatic carbocycles. The second-order valence-electron chi connectivity index (χ2n) is 8.81. The lowest BCUT2D eigenvalue weighted by molar-refractivity contribution is -0.150. The molecular weight excluding hydrogens is 466 g/mol. The summed E-state index contributed by atoms with van der Waals surface area (Å²) in [5.74, 6) is -1.35. The van der Waals surface area contributed by atoms with E-state index < -0.39 is 29.7 Å². The first kappa shape index (κ1) is 21.9. The molecule has 36 heavy (non-hydrogen) atoms. The van der Waals surface area contributed by atoms with Crippen molar-refractivity contribution in [3.63, 3.8) is 0 Å². The summed E-state index contributed by atoms with van der Waals surface area (Å²) in [6.45, 7) is 0.667. The summed E-state index contributed by atoms with van der Waals surface area (Å²) in [6.07, 6.45) is 4.82. The highest BCUT2D eigenvalue weighted by Gasteiger charge is 2.48. The number of imide groups is 2. The number of rotatable bonds is 5. The molecule has 182 valence electrons. The highest BCUT2D eigenvalue weighted by Crippen LogP contribution is 2.34. The molecule has 12 heteroatoms. The molecular formula is C24H21N7O5. The van der Waals surface area contributed by atoms with Gasteiger partial charge in [0.2, 0.25) is 23.5 Å². The monoisotopic (exact) mass is 487 g/mol. The van der Waals surface area contributed by atoms with Crippen LogP contribution in [-0.4, -0.2) is 65.9 Å². The Balaban J connectivity index is 1.22. The Morgan fingerprint density at radius 1 is 1.08 bits per heavy atom. The third-order valence-corrected chi connectivity index (χ3v) is 6.54. The Kier molecular flexibility index (Phi) is 5.20. The van der Waals surface area contributed by atoms with E-state index in [-0.39, 0.29) is 25.1 Å². The van der Waals surface area contributed by atoms with Crippen molar-refractivity contribution >= 4 is 23.6 Å². The molecule has 6 rings (SSSR count). The Morgan fingerprint density at radius 3 is 2.78 bits per heavy atom. The molecule has 3 aliphatic heterocycles. The van der Waals surface area contributed by atoms with Gasteiger partial charge in [-0.1, -0.05) is 17.3 Å². The van der Waals surface area contributed by atoms with Gasteiger partial charge in [-0.05, 0) is 37.5 Å². The number of benzene rings is 1. The third-order valence-electron chi connectivity index (χ3n) is 6.54. The van der Waals surface area contributed by atoms with Crippen molar-refractivity contribution < 1.29 is 23.7 Å². The zero-order valence-electron chi connectivity index (χ0n) is 19.1. The maximum atomic E-state index is 13.3. The maximum absolute atomic E-state index is 13.3. The van der Waals surface area contributed by atoms with Crippen LogP contribution >= 0.6 is 0 Å². The van der Waals surface area contributed by atoms with Crippen LogP contribution in [0.4, 0.5) is 0 Å². The Hall–Kier alpha value is -4.61. The van der Waals surface area contributed by atoms with Gasteiger partial charge in [-0.15, -0.1) is 0 Å². The number of nitrogens with zero attached hydrogens (tertiary/aromatic N) is 6. The van der Waals surface area contributed by atoms with Crippen molar-refractivity contribution in [1.29, 1.82) is 0 Å². The van der Waals surface area contributed by atoms with Crippen LogP contribution in [0.2, 0.25) is 0 Å². The smallest absolute Gasteiger partial charge is 0.278 e. The van der Waals surface area contributed by atoms with E-state index >= 15 is 0 Å². The summed E-state index contributed by atoms with van der Waals surface area (Å²) in [4.78, 5) is 57.5. The lowest BCUT2D eigenvalue weighted by Gasteiger charge is -2.29. The van der Waals surface area contributed by atoms with Crippen LogP contribution in [0.25, 0.3) is 17.1 Å². The molecule has 1 unspecified atom stereocenters. The van der Waals surface area contributed by atoms with Crippen LogP contribution in [0.1, 0.15) is 31.6 Å². The summed E-state index contributed by atoms with van der Waals surface area (Å²) < 4.78 is 7.20. The fraction of sp³-hybridized carbons (Fsp3) is 0.292. The van der Waals surface area contributed by atoms with E-state index in [0.29, 0.717) is 36.7 Å². The number of carbonyl (C=O) groups excluding carboxylic acids is 4. The number of amides is 4. The van der Waals surface area contributed by atoms with Crippen molar-refractivity contribution in [2.75, 3.05) is 6.54 Å². The Morgan fingerprint density at radius 2 is 1.97 bits per heavy atom. The fourth-order valence-electron chi connectivity index (χ4n) is 4.87. The van der Waals surface area contributed by atoms with E-state index in [1.807, 2.05) is 36.5 Å². The number of hydrogen-bond donors (Lipinski definition) is 1. The average Bonchev–Trinajstić information content (AvgIpc) is 3.62. The first-order valence-electron chi connectivity index (χ1n) is 11.6. The van der Waals surface area contributed by atoms with E-state index in [2.05, 4.69) is 20.6 Å². The largest absolute Gasteiger partial charge is 0.357 e. The minimum absolute atomic E-state index is 0.0776. The normalized spacial score (nSPS) is 20.3. The first-order valence-corrected chi connectivity index (χ1v) is 11.6. The lowest BCUT2D eigenvalue weighted by atomic mass is 10.0. The fourth-order valence-corrected chi connectivity index (χ4v) is 4.87. The standard InChI is InChI=1S/C24H21N7O5/c32-18-8-7-17(22(33)26-18)31-23(34)16-6-2-10-29(20(16)24(31)35)13-19-27-21(28-36-19)14-4-1-5-15(12-14)30-11-3-9-25-30/h1,3-5,9,11-12,17H,2,6-8,10,13H2,(H,26,32,33). The molecule has 1 saturated heterocycles. The zero-order valence-corrected chi connectivity index (χ0v) is 19.1. The molecule has 0 spiro atoms. The van der Waals surface area contributed by atoms with Gasteiger partial charge in [0.15, 0.2) is 0 Å². The number of aromatic nitrogens is 4. The molecule has 5 heterocycles. The summed E-state index contributed by atoms with van der Waals surface area (Å²) >= 11 is 0. The Labute approximate surface area is 204 Å². The van der Waals surface area contributed by atoms with Gasteiger partial charge in [-0.25, -0.2) is 4.68 Å². The van der Waals surface area contributed by atoms with Crippen LogP contribution in [0.3, 0.4) is 0 Å². The van der Waals surface area contributed by atoms with Gasteiger partial charge in [0.25, 0.3) is 11.8 Å². The van der Waals surface area contributed by atoms with Gasteiger partial charge >= 0.3 is 0 Å². The topological polar surface area (TPSA) is 144 Å². The maximum Gasteiger partial charge on any atom is 0.278 e. The van der Waals surface area contributed by atoms with E-state index in [4.69, 9.17) is 4.52 Å². The highest BCUT2D eigenvalue weighted by molar-refractivity contribution is 6.21. The van der Waals surface area contributed by atoms with Gasteiger partial charge in [0.05, 0.1) is 12.2 Å². The molecule has 1 N–H and O–H groups in total. The van der Waals surface area contributed by atoms with Crippen molar-refractivity contribution in [1.82, 2.24) is 35.0 Å². The quantitative estimate of drug-likeness (QED) is 0.520. The van der Waals surface area contributed by atoms with Crippen molar-refractivity contribution in [2.45, 2.75) is 38.3 Å². The highest BCUT2D eigenvalue weighted by atomic mass is 16.5. The molecule has 12 nitrogen and oxygen atoms in total. The number of piperidine rings is 1. The Bertz CT molecular complexity index is 1420. The predicted octanol–water partition coefficient (Wildman–Crippen LogP) is 0.946. The zero-order chi connectivity index (χ0) is 24.8. The van der Waals surface area contributed by atoms with E-state index in [9.17, 15) is 19.2 Å². The SMILES string of the molecule is O=C1CCC(N2C(=O)C3=C(C2=O)N(Cc2nc(-c4cccc(-n5cccn5)c4)no2)CCC3)C(=O)N1. The molecule has 1 aromatic carbocycles. The molecule has 0 radical (unpaired) electrons. The predicted molar refractivity (Wildman–Crippen MR) is 122 cm³/mol. The number of carbonyl (C=O) groups is 4. The minimum atomic E-state index is -0.993. The molecule has 0 saturated carbocycles.